The number of benzene rings is 2. The number of rotatable bonds is 10. The van der Waals surface area contributed by atoms with Crippen molar-refractivity contribution in [1.29, 1.82) is 0 Å². The molecule has 0 radical (unpaired) electrons. The van der Waals surface area contributed by atoms with Gasteiger partial charge in [-0.3, -0.25) is 9.59 Å². The molecule has 1 aliphatic rings. The summed E-state index contributed by atoms with van der Waals surface area (Å²) >= 11 is 0. The molecule has 0 saturated carbocycles. The van der Waals surface area contributed by atoms with Crippen molar-refractivity contribution >= 4 is 18.0 Å². The largest absolute Gasteiger partial charge is 0.481 e. The van der Waals surface area contributed by atoms with Gasteiger partial charge in [-0.2, -0.15) is 0 Å². The zero-order chi connectivity index (χ0) is 24.8. The molecule has 2 aromatic carbocycles. The smallest absolute Gasteiger partial charge is 0.407 e. The SMILES string of the molecule is Cn1ccnc1CCNC(=O)C(CCC(=O)O)NC(=O)OCC1c2ccccc2-c2ccccc21. The number of amides is 2. The molecular formula is C26H28N4O5. The summed E-state index contributed by atoms with van der Waals surface area (Å²) in [5.74, 6) is -0.826. The molecule has 9 heteroatoms. The first-order valence-electron chi connectivity index (χ1n) is 11.5. The van der Waals surface area contributed by atoms with Crippen molar-refractivity contribution in [2.24, 2.45) is 7.05 Å². The van der Waals surface area contributed by atoms with E-state index in [0.29, 0.717) is 13.0 Å². The zero-order valence-corrected chi connectivity index (χ0v) is 19.4. The summed E-state index contributed by atoms with van der Waals surface area (Å²) in [7, 11) is 1.86. The highest BCUT2D eigenvalue weighted by molar-refractivity contribution is 5.86. The summed E-state index contributed by atoms with van der Waals surface area (Å²) in [6, 6.07) is 15.0. The molecule has 35 heavy (non-hydrogen) atoms. The molecule has 0 spiro atoms. The van der Waals surface area contributed by atoms with Gasteiger partial charge in [-0.05, 0) is 28.7 Å². The van der Waals surface area contributed by atoms with E-state index < -0.39 is 24.0 Å². The standard InChI is InChI=1S/C26H28N4O5/c1-30-15-14-27-23(30)12-13-28-25(33)22(10-11-24(31)32)29-26(34)35-16-21-19-8-4-2-6-17(19)18-7-3-5-9-20(18)21/h2-9,14-15,21-22H,10-13,16H2,1H3,(H,28,33)(H,29,34)(H,31,32). The summed E-state index contributed by atoms with van der Waals surface area (Å²) in [4.78, 5) is 40.6. The number of aliphatic carboxylic acids is 1. The number of fused-ring (bicyclic) bond motifs is 3. The van der Waals surface area contributed by atoms with Crippen molar-refractivity contribution < 1.29 is 24.2 Å². The molecule has 3 aromatic rings. The van der Waals surface area contributed by atoms with Crippen LogP contribution in [-0.2, 0) is 27.8 Å². The normalized spacial score (nSPS) is 12.9. The van der Waals surface area contributed by atoms with E-state index in [-0.39, 0.29) is 25.4 Å². The van der Waals surface area contributed by atoms with Crippen LogP contribution < -0.4 is 10.6 Å². The van der Waals surface area contributed by atoms with Crippen molar-refractivity contribution in [3.8, 4) is 11.1 Å². The van der Waals surface area contributed by atoms with Gasteiger partial charge in [0.25, 0.3) is 0 Å². The Hall–Kier alpha value is -4.14. The summed E-state index contributed by atoms with van der Waals surface area (Å²) in [5, 5.41) is 14.3. The average molecular weight is 477 g/mol. The molecule has 0 aliphatic heterocycles. The number of ether oxygens (including phenoxy) is 1. The van der Waals surface area contributed by atoms with Crippen LogP contribution in [0.3, 0.4) is 0 Å². The van der Waals surface area contributed by atoms with Gasteiger partial charge in [-0.1, -0.05) is 48.5 Å². The molecule has 1 unspecified atom stereocenters. The first kappa shape index (κ1) is 24.0. The Balaban J connectivity index is 1.36. The number of nitrogens with zero attached hydrogens (tertiary/aromatic N) is 2. The van der Waals surface area contributed by atoms with Gasteiger partial charge in [0.15, 0.2) is 0 Å². The number of carbonyl (C=O) groups excluding carboxylic acids is 2. The molecule has 1 heterocycles. The fourth-order valence-corrected chi connectivity index (χ4v) is 4.38. The lowest BCUT2D eigenvalue weighted by Crippen LogP contribution is -2.47. The molecule has 1 aliphatic carbocycles. The van der Waals surface area contributed by atoms with Gasteiger partial charge in [0.05, 0.1) is 0 Å². The Morgan fingerprint density at radius 3 is 2.34 bits per heavy atom. The van der Waals surface area contributed by atoms with Crippen LogP contribution in [-0.4, -0.2) is 51.8 Å². The Kier molecular flexibility index (Phi) is 7.45. The van der Waals surface area contributed by atoms with Crippen molar-refractivity contribution in [1.82, 2.24) is 20.2 Å². The van der Waals surface area contributed by atoms with Gasteiger partial charge in [0.2, 0.25) is 5.91 Å². The number of aromatic nitrogens is 2. The number of hydrogen-bond acceptors (Lipinski definition) is 5. The quantitative estimate of drug-likeness (QED) is 0.414. The maximum Gasteiger partial charge on any atom is 0.407 e. The summed E-state index contributed by atoms with van der Waals surface area (Å²) in [5.41, 5.74) is 4.39. The van der Waals surface area contributed by atoms with Crippen LogP contribution in [0, 0.1) is 0 Å². The maximum atomic E-state index is 12.7. The molecule has 9 nitrogen and oxygen atoms in total. The second-order valence-corrected chi connectivity index (χ2v) is 8.45. The third-order valence-corrected chi connectivity index (χ3v) is 6.17. The van der Waals surface area contributed by atoms with E-state index in [1.807, 2.05) is 66.3 Å². The minimum Gasteiger partial charge on any atom is -0.481 e. The average Bonchev–Trinajstić information content (AvgIpc) is 3.41. The number of carbonyl (C=O) groups is 3. The molecule has 1 aromatic heterocycles. The predicted molar refractivity (Wildman–Crippen MR) is 129 cm³/mol. The highest BCUT2D eigenvalue weighted by Crippen LogP contribution is 2.44. The highest BCUT2D eigenvalue weighted by atomic mass is 16.5. The fourth-order valence-electron chi connectivity index (χ4n) is 4.38. The van der Waals surface area contributed by atoms with Crippen LogP contribution in [0.5, 0.6) is 0 Å². The molecule has 0 bridgehead atoms. The van der Waals surface area contributed by atoms with Gasteiger partial charge < -0.3 is 25.0 Å². The summed E-state index contributed by atoms with van der Waals surface area (Å²) < 4.78 is 7.37. The second-order valence-electron chi connectivity index (χ2n) is 8.45. The minimum atomic E-state index is -1.05. The van der Waals surface area contributed by atoms with Crippen LogP contribution in [0.2, 0.25) is 0 Å². The number of alkyl carbamates (subject to hydrolysis) is 1. The van der Waals surface area contributed by atoms with Crippen molar-refractivity contribution in [3.05, 3.63) is 77.9 Å². The van der Waals surface area contributed by atoms with E-state index in [1.165, 1.54) is 0 Å². The zero-order valence-electron chi connectivity index (χ0n) is 19.4. The monoisotopic (exact) mass is 476 g/mol. The molecule has 3 N–H and O–H groups in total. The molecule has 0 fully saturated rings. The lowest BCUT2D eigenvalue weighted by Gasteiger charge is -2.19. The molecular weight excluding hydrogens is 448 g/mol. The van der Waals surface area contributed by atoms with E-state index in [0.717, 1.165) is 28.1 Å². The Labute approximate surface area is 203 Å². The Morgan fingerprint density at radius 2 is 1.74 bits per heavy atom. The fraction of sp³-hybridized carbons (Fsp3) is 0.308. The van der Waals surface area contributed by atoms with Gasteiger partial charge in [-0.15, -0.1) is 0 Å². The van der Waals surface area contributed by atoms with E-state index in [9.17, 15) is 14.4 Å². The third kappa shape index (κ3) is 5.68. The number of hydrogen-bond donors (Lipinski definition) is 3. The number of imidazole rings is 1. The van der Waals surface area contributed by atoms with E-state index in [1.54, 1.807) is 6.20 Å². The van der Waals surface area contributed by atoms with Crippen LogP contribution in [0.4, 0.5) is 4.79 Å². The van der Waals surface area contributed by atoms with Crippen LogP contribution in [0.15, 0.2) is 60.9 Å². The lowest BCUT2D eigenvalue weighted by atomic mass is 9.98. The topological polar surface area (TPSA) is 123 Å². The molecule has 1 atom stereocenters. The van der Waals surface area contributed by atoms with Gasteiger partial charge in [0.1, 0.15) is 18.5 Å². The second kappa shape index (κ2) is 10.9. The highest BCUT2D eigenvalue weighted by Gasteiger charge is 2.30. The van der Waals surface area contributed by atoms with Crippen molar-refractivity contribution in [2.75, 3.05) is 13.2 Å². The predicted octanol–water partition coefficient (Wildman–Crippen LogP) is 2.85. The maximum absolute atomic E-state index is 12.7. The van der Waals surface area contributed by atoms with Crippen LogP contribution in [0.1, 0.15) is 35.7 Å². The number of carboxylic acids is 1. The minimum absolute atomic E-state index is 0.0479. The molecule has 4 rings (SSSR count). The Morgan fingerprint density at radius 1 is 1.09 bits per heavy atom. The van der Waals surface area contributed by atoms with E-state index in [2.05, 4.69) is 15.6 Å². The molecule has 182 valence electrons. The molecule has 2 amide bonds. The number of carboxylic acid groups (broad SMARTS) is 1. The lowest BCUT2D eigenvalue weighted by molar-refractivity contribution is -0.137. The number of nitrogens with one attached hydrogen (secondary N) is 2. The van der Waals surface area contributed by atoms with E-state index in [4.69, 9.17) is 9.84 Å². The first-order chi connectivity index (χ1) is 16.9. The van der Waals surface area contributed by atoms with Gasteiger partial charge >= 0.3 is 12.1 Å². The van der Waals surface area contributed by atoms with Gasteiger partial charge in [-0.25, -0.2) is 9.78 Å². The Bertz CT molecular complexity index is 1180. The summed E-state index contributed by atoms with van der Waals surface area (Å²) in [6.07, 6.45) is 2.92. The van der Waals surface area contributed by atoms with Crippen molar-refractivity contribution in [2.45, 2.75) is 31.2 Å². The van der Waals surface area contributed by atoms with Gasteiger partial charge in [0, 0.05) is 44.7 Å². The van der Waals surface area contributed by atoms with E-state index >= 15 is 0 Å². The van der Waals surface area contributed by atoms with Crippen LogP contribution in [0.25, 0.3) is 11.1 Å². The van der Waals surface area contributed by atoms with Crippen LogP contribution >= 0.6 is 0 Å². The summed E-state index contributed by atoms with van der Waals surface area (Å²) in [6.45, 7) is 0.409. The van der Waals surface area contributed by atoms with Crippen molar-refractivity contribution in [3.63, 3.8) is 0 Å². The first-order valence-corrected chi connectivity index (χ1v) is 11.5. The molecule has 0 saturated heterocycles. The third-order valence-electron chi connectivity index (χ3n) is 6.17. The number of aryl methyl sites for hydroxylation is 1.